The van der Waals surface area contributed by atoms with Gasteiger partial charge in [-0.3, -0.25) is 19.5 Å². The molecule has 0 saturated carbocycles. The number of aromatic nitrogens is 2. The van der Waals surface area contributed by atoms with Crippen LogP contribution in [0.2, 0.25) is 0 Å². The first kappa shape index (κ1) is 24.0. The van der Waals surface area contributed by atoms with Gasteiger partial charge in [-0.25, -0.2) is 9.78 Å². The molecule has 0 unspecified atom stereocenters. The molecule has 0 aliphatic carbocycles. The third-order valence-electron chi connectivity index (χ3n) is 4.83. The quantitative estimate of drug-likeness (QED) is 0.365. The Bertz CT molecular complexity index is 1160. The summed E-state index contributed by atoms with van der Waals surface area (Å²) < 4.78 is 6.69. The number of fused-ring (bicyclic) bond motifs is 1. The number of thiophene rings is 1. The minimum Gasteiger partial charge on any atom is -0.383 e. The minimum atomic E-state index is -0.568. The van der Waals surface area contributed by atoms with E-state index in [1.807, 2.05) is 44.2 Å². The van der Waals surface area contributed by atoms with E-state index in [-0.39, 0.29) is 11.3 Å². The zero-order chi connectivity index (χ0) is 23.1. The summed E-state index contributed by atoms with van der Waals surface area (Å²) in [5.74, 6) is -0.515. The fourth-order valence-electron chi connectivity index (χ4n) is 3.26. The summed E-state index contributed by atoms with van der Waals surface area (Å²) in [6.45, 7) is 5.00. The summed E-state index contributed by atoms with van der Waals surface area (Å²) in [5.41, 5.74) is 1.82. The average molecular weight is 475 g/mol. The summed E-state index contributed by atoms with van der Waals surface area (Å²) >= 11 is 2.60. The number of hydrogen-bond acceptors (Lipinski definition) is 7. The summed E-state index contributed by atoms with van der Waals surface area (Å²) in [6, 6.07) is 8.85. The van der Waals surface area contributed by atoms with Crippen LogP contribution in [0.25, 0.3) is 10.2 Å². The molecule has 8 nitrogen and oxygen atoms in total. The molecule has 3 amide bonds. The van der Waals surface area contributed by atoms with Crippen LogP contribution in [0.3, 0.4) is 0 Å². The first-order valence-corrected chi connectivity index (χ1v) is 12.0. The number of benzene rings is 1. The van der Waals surface area contributed by atoms with E-state index in [0.29, 0.717) is 35.1 Å². The fourth-order valence-corrected chi connectivity index (χ4v) is 5.24. The number of aryl methyl sites for hydroxylation is 2. The molecule has 10 heteroatoms. The van der Waals surface area contributed by atoms with Crippen molar-refractivity contribution in [3.8, 4) is 0 Å². The number of methoxy groups -OCH3 is 1. The van der Waals surface area contributed by atoms with Crippen molar-refractivity contribution in [1.82, 2.24) is 20.2 Å². The van der Waals surface area contributed by atoms with Crippen LogP contribution in [0.5, 0.6) is 0 Å². The van der Waals surface area contributed by atoms with Gasteiger partial charge in [0.05, 0.1) is 24.3 Å². The number of rotatable bonds is 9. The Labute approximate surface area is 194 Å². The van der Waals surface area contributed by atoms with Crippen LogP contribution in [0.4, 0.5) is 4.79 Å². The van der Waals surface area contributed by atoms with Crippen molar-refractivity contribution in [3.63, 3.8) is 0 Å². The van der Waals surface area contributed by atoms with E-state index < -0.39 is 11.9 Å². The predicted octanol–water partition coefficient (Wildman–Crippen LogP) is 3.09. The maximum absolute atomic E-state index is 13.2. The number of carbonyl (C=O) groups is 2. The maximum atomic E-state index is 13.2. The molecule has 0 radical (unpaired) electrons. The van der Waals surface area contributed by atoms with Gasteiger partial charge < -0.3 is 10.1 Å². The second-order valence-electron chi connectivity index (χ2n) is 7.02. The Balaban J connectivity index is 1.69. The van der Waals surface area contributed by atoms with E-state index >= 15 is 0 Å². The molecule has 0 spiro atoms. The lowest BCUT2D eigenvalue weighted by Crippen LogP contribution is -2.40. The van der Waals surface area contributed by atoms with Gasteiger partial charge in [0.1, 0.15) is 4.83 Å². The van der Waals surface area contributed by atoms with E-state index in [0.717, 1.165) is 34.2 Å². The lowest BCUT2D eigenvalue weighted by atomic mass is 10.1. The van der Waals surface area contributed by atoms with Crippen LogP contribution in [-0.2, 0) is 29.0 Å². The molecule has 1 aromatic carbocycles. The molecule has 0 aliphatic rings. The number of amides is 3. The van der Waals surface area contributed by atoms with E-state index in [4.69, 9.17) is 4.74 Å². The molecule has 2 heterocycles. The second kappa shape index (κ2) is 11.3. The van der Waals surface area contributed by atoms with Crippen LogP contribution in [0.1, 0.15) is 22.9 Å². The zero-order valence-corrected chi connectivity index (χ0v) is 19.9. The van der Waals surface area contributed by atoms with Crippen molar-refractivity contribution < 1.29 is 14.3 Å². The Hall–Kier alpha value is -2.69. The molecule has 0 aliphatic heterocycles. The topological polar surface area (TPSA) is 102 Å². The van der Waals surface area contributed by atoms with E-state index in [1.165, 1.54) is 11.3 Å². The first-order chi connectivity index (χ1) is 15.4. The number of thioether (sulfide) groups is 1. The maximum Gasteiger partial charge on any atom is 0.321 e. The average Bonchev–Trinajstić information content (AvgIpc) is 3.11. The van der Waals surface area contributed by atoms with Gasteiger partial charge in [0, 0.05) is 18.5 Å². The molecule has 0 bridgehead atoms. The van der Waals surface area contributed by atoms with Gasteiger partial charge >= 0.3 is 6.03 Å². The van der Waals surface area contributed by atoms with Crippen LogP contribution < -0.4 is 16.2 Å². The lowest BCUT2D eigenvalue weighted by Gasteiger charge is -2.12. The molecule has 3 rings (SSSR count). The van der Waals surface area contributed by atoms with Crippen LogP contribution in [0.15, 0.2) is 40.3 Å². The molecule has 3 aromatic rings. The van der Waals surface area contributed by atoms with Gasteiger partial charge in [-0.2, -0.15) is 0 Å². The molecule has 0 fully saturated rings. The molecule has 0 atom stereocenters. The van der Waals surface area contributed by atoms with Gasteiger partial charge in [-0.1, -0.05) is 49.0 Å². The highest BCUT2D eigenvalue weighted by Crippen LogP contribution is 2.29. The van der Waals surface area contributed by atoms with Crippen LogP contribution in [0, 0.1) is 6.92 Å². The van der Waals surface area contributed by atoms with Crippen molar-refractivity contribution in [1.29, 1.82) is 0 Å². The highest BCUT2D eigenvalue weighted by molar-refractivity contribution is 7.99. The molecule has 0 saturated heterocycles. The van der Waals surface area contributed by atoms with Gasteiger partial charge in [0.15, 0.2) is 5.16 Å². The van der Waals surface area contributed by atoms with Crippen molar-refractivity contribution in [2.45, 2.75) is 38.5 Å². The highest BCUT2D eigenvalue weighted by atomic mass is 32.2. The first-order valence-electron chi connectivity index (χ1n) is 10.2. The van der Waals surface area contributed by atoms with Crippen molar-refractivity contribution >= 4 is 45.3 Å². The van der Waals surface area contributed by atoms with Crippen molar-refractivity contribution in [2.75, 3.05) is 19.5 Å². The Morgan fingerprint density at radius 1 is 1.25 bits per heavy atom. The largest absolute Gasteiger partial charge is 0.383 e. The third-order valence-corrected chi connectivity index (χ3v) is 6.85. The van der Waals surface area contributed by atoms with Gasteiger partial charge in [0.2, 0.25) is 5.91 Å². The molecule has 2 N–H and O–H groups in total. The normalized spacial score (nSPS) is 11.0. The molecular formula is C22H26N4O4S2. The lowest BCUT2D eigenvalue weighted by molar-refractivity contribution is -0.117. The van der Waals surface area contributed by atoms with Crippen molar-refractivity contribution in [3.05, 3.63) is 56.7 Å². The molecular weight excluding hydrogens is 448 g/mol. The fraction of sp³-hybridized carbons (Fsp3) is 0.364. The number of imide groups is 1. The molecule has 2 aromatic heterocycles. The Morgan fingerprint density at radius 2 is 2.00 bits per heavy atom. The number of ether oxygens (including phenoxy) is 1. The Kier molecular flexibility index (Phi) is 8.43. The van der Waals surface area contributed by atoms with Gasteiger partial charge in [-0.15, -0.1) is 11.3 Å². The zero-order valence-electron chi connectivity index (χ0n) is 18.3. The SMILES string of the molecule is CCc1c(C)sc2nc(SCC(=O)NC(=O)NCc3ccccc3)n(CCOC)c(=O)c12. The van der Waals surface area contributed by atoms with Gasteiger partial charge in [0.25, 0.3) is 5.56 Å². The Morgan fingerprint density at radius 3 is 2.69 bits per heavy atom. The number of hydrogen-bond donors (Lipinski definition) is 2. The summed E-state index contributed by atoms with van der Waals surface area (Å²) in [7, 11) is 1.57. The monoisotopic (exact) mass is 474 g/mol. The molecule has 32 heavy (non-hydrogen) atoms. The number of carbonyl (C=O) groups excluding carboxylic acids is 2. The number of nitrogens with zero attached hydrogens (tertiary/aromatic N) is 2. The van der Waals surface area contributed by atoms with Crippen LogP contribution >= 0.6 is 23.1 Å². The molecule has 170 valence electrons. The van der Waals surface area contributed by atoms with Crippen molar-refractivity contribution in [2.24, 2.45) is 0 Å². The minimum absolute atomic E-state index is 0.0469. The number of urea groups is 1. The van der Waals surface area contributed by atoms with E-state index in [9.17, 15) is 14.4 Å². The van der Waals surface area contributed by atoms with Gasteiger partial charge in [-0.05, 0) is 24.5 Å². The summed E-state index contributed by atoms with van der Waals surface area (Å²) in [6.07, 6.45) is 0.750. The smallest absolute Gasteiger partial charge is 0.321 e. The van der Waals surface area contributed by atoms with E-state index in [1.54, 1.807) is 11.7 Å². The summed E-state index contributed by atoms with van der Waals surface area (Å²) in [5, 5.41) is 6.03. The number of nitrogens with one attached hydrogen (secondary N) is 2. The third kappa shape index (κ3) is 5.76. The highest BCUT2D eigenvalue weighted by Gasteiger charge is 2.19. The van der Waals surface area contributed by atoms with E-state index in [2.05, 4.69) is 15.6 Å². The summed E-state index contributed by atoms with van der Waals surface area (Å²) in [4.78, 5) is 43.9. The standard InChI is InChI=1S/C22H26N4O4S2/c1-4-16-14(2)32-19-18(16)20(28)26(10-11-30-3)22(25-19)31-13-17(27)24-21(29)23-12-15-8-6-5-7-9-15/h5-9H,4,10-13H2,1-3H3,(H2,23,24,27,29). The predicted molar refractivity (Wildman–Crippen MR) is 127 cm³/mol. The second-order valence-corrected chi connectivity index (χ2v) is 9.17. The van der Waals surface area contributed by atoms with Crippen LogP contribution in [-0.4, -0.2) is 41.0 Å².